The molecule has 0 saturated carbocycles. The maximum Gasteiger partial charge on any atom is 0.433 e. The minimum Gasteiger partial charge on any atom is -0.299 e. The van der Waals surface area contributed by atoms with Crippen LogP contribution in [0.5, 0.6) is 0 Å². The molecule has 0 unspecified atom stereocenters. The van der Waals surface area contributed by atoms with Crippen LogP contribution in [0.15, 0.2) is 47.9 Å². The van der Waals surface area contributed by atoms with Crippen molar-refractivity contribution >= 4 is 28.5 Å². The Labute approximate surface area is 245 Å². The number of aliphatic imine (C=N–C) groups is 1. The van der Waals surface area contributed by atoms with Gasteiger partial charge < -0.3 is 0 Å². The van der Waals surface area contributed by atoms with E-state index in [4.69, 9.17) is 0 Å². The molecule has 0 saturated heterocycles. The van der Waals surface area contributed by atoms with E-state index in [1.165, 1.54) is 12.3 Å². The van der Waals surface area contributed by atoms with E-state index in [9.17, 15) is 22.8 Å². The summed E-state index contributed by atoms with van der Waals surface area (Å²) in [7, 11) is 0. The highest BCUT2D eigenvalue weighted by molar-refractivity contribution is 6.27. The number of hydrogen-bond donors (Lipinski definition) is 0. The van der Waals surface area contributed by atoms with Crippen molar-refractivity contribution in [1.82, 2.24) is 14.4 Å². The van der Waals surface area contributed by atoms with Crippen molar-refractivity contribution in [3.05, 3.63) is 70.9 Å². The SMILES string of the molecule is CCCCC[C@H](C)C(=O)CCCCC(=O)c1ccc(Cc2nccn3c(C4=CCN=C4C(F)(F)F)cnc23)cc1CC. The van der Waals surface area contributed by atoms with Crippen LogP contribution in [0.4, 0.5) is 13.2 Å². The molecule has 3 heterocycles. The number of allylic oxidation sites excluding steroid dienone is 1. The molecule has 0 fully saturated rings. The van der Waals surface area contributed by atoms with Crippen LogP contribution in [0.1, 0.15) is 105 Å². The van der Waals surface area contributed by atoms with Gasteiger partial charge in [-0.05, 0) is 36.8 Å². The Kier molecular flexibility index (Phi) is 10.5. The molecule has 2 aromatic heterocycles. The van der Waals surface area contributed by atoms with Gasteiger partial charge in [0.05, 0.1) is 24.1 Å². The Hall–Kier alpha value is -3.62. The minimum absolute atomic E-state index is 0.0172. The number of alkyl halides is 3. The van der Waals surface area contributed by atoms with Crippen molar-refractivity contribution in [2.24, 2.45) is 10.9 Å². The number of carbonyl (C=O) groups is 2. The number of halogens is 3. The molecule has 6 nitrogen and oxygen atoms in total. The first kappa shape index (κ1) is 31.3. The quantitative estimate of drug-likeness (QED) is 0.136. The first-order chi connectivity index (χ1) is 20.1. The van der Waals surface area contributed by atoms with Gasteiger partial charge in [0.25, 0.3) is 0 Å². The van der Waals surface area contributed by atoms with Gasteiger partial charge in [-0.15, -0.1) is 0 Å². The molecule has 0 spiro atoms. The lowest BCUT2D eigenvalue weighted by Crippen LogP contribution is -2.23. The van der Waals surface area contributed by atoms with Gasteiger partial charge >= 0.3 is 6.18 Å². The van der Waals surface area contributed by atoms with Crippen LogP contribution in [0.25, 0.3) is 11.2 Å². The Morgan fingerprint density at radius 2 is 1.83 bits per heavy atom. The number of benzene rings is 1. The lowest BCUT2D eigenvalue weighted by Gasteiger charge is -2.12. The van der Waals surface area contributed by atoms with E-state index < -0.39 is 11.9 Å². The zero-order valence-corrected chi connectivity index (χ0v) is 24.6. The van der Waals surface area contributed by atoms with Crippen LogP contribution < -0.4 is 0 Å². The average molecular weight is 581 g/mol. The molecular formula is C33H39F3N4O2. The Bertz CT molecular complexity index is 1490. The number of aromatic nitrogens is 3. The van der Waals surface area contributed by atoms with E-state index in [2.05, 4.69) is 21.9 Å². The summed E-state index contributed by atoms with van der Waals surface area (Å²) in [6, 6.07) is 5.75. The van der Waals surface area contributed by atoms with E-state index in [1.54, 1.807) is 16.8 Å². The van der Waals surface area contributed by atoms with Crippen molar-refractivity contribution in [3.8, 4) is 0 Å². The number of aryl methyl sites for hydroxylation is 1. The molecule has 3 aromatic rings. The number of hydrogen-bond acceptors (Lipinski definition) is 5. The van der Waals surface area contributed by atoms with Crippen LogP contribution in [-0.4, -0.2) is 44.4 Å². The second-order valence-electron chi connectivity index (χ2n) is 11.0. The predicted octanol–water partition coefficient (Wildman–Crippen LogP) is 7.81. The van der Waals surface area contributed by atoms with Crippen LogP contribution in [0.3, 0.4) is 0 Å². The number of imidazole rings is 1. The maximum absolute atomic E-state index is 13.5. The van der Waals surface area contributed by atoms with Gasteiger partial charge in [-0.2, -0.15) is 13.2 Å². The van der Waals surface area contributed by atoms with E-state index >= 15 is 0 Å². The average Bonchev–Trinajstić information content (AvgIpc) is 3.63. The number of unbranched alkanes of at least 4 members (excludes halogenated alkanes) is 3. The lowest BCUT2D eigenvalue weighted by molar-refractivity contribution is -0.122. The summed E-state index contributed by atoms with van der Waals surface area (Å²) < 4.78 is 42.0. The van der Waals surface area contributed by atoms with Gasteiger partial charge in [-0.1, -0.05) is 64.3 Å². The molecule has 1 aliphatic heterocycles. The van der Waals surface area contributed by atoms with Crippen LogP contribution in [-0.2, 0) is 17.6 Å². The number of carbonyl (C=O) groups excluding carboxylic acids is 2. The molecule has 0 radical (unpaired) electrons. The number of nitrogens with zero attached hydrogens (tertiary/aromatic N) is 4. The van der Waals surface area contributed by atoms with Crippen molar-refractivity contribution in [3.63, 3.8) is 0 Å². The highest BCUT2D eigenvalue weighted by atomic mass is 19.4. The molecule has 4 rings (SSSR count). The molecule has 224 valence electrons. The topological polar surface area (TPSA) is 76.7 Å². The van der Waals surface area contributed by atoms with Crippen molar-refractivity contribution < 1.29 is 22.8 Å². The summed E-state index contributed by atoms with van der Waals surface area (Å²) in [6.45, 7) is 6.15. The van der Waals surface area contributed by atoms with Gasteiger partial charge in [0, 0.05) is 48.7 Å². The highest BCUT2D eigenvalue weighted by Gasteiger charge is 2.40. The summed E-state index contributed by atoms with van der Waals surface area (Å²) in [5, 5.41) is 0. The van der Waals surface area contributed by atoms with Crippen molar-refractivity contribution in [2.75, 3.05) is 6.54 Å². The summed E-state index contributed by atoms with van der Waals surface area (Å²) in [6.07, 6.45) is 9.27. The minimum atomic E-state index is -4.54. The number of ketones is 2. The molecule has 1 aliphatic rings. The fraction of sp³-hybridized carbons (Fsp3) is 0.485. The van der Waals surface area contributed by atoms with Crippen LogP contribution in [0.2, 0.25) is 0 Å². The van der Waals surface area contributed by atoms with E-state index in [-0.39, 0.29) is 23.8 Å². The fourth-order valence-electron chi connectivity index (χ4n) is 5.52. The lowest BCUT2D eigenvalue weighted by atomic mass is 9.93. The largest absolute Gasteiger partial charge is 0.433 e. The van der Waals surface area contributed by atoms with Crippen molar-refractivity contribution in [2.45, 2.75) is 91.2 Å². The molecule has 0 bridgehead atoms. The normalized spacial score (nSPS) is 14.2. The Morgan fingerprint density at radius 3 is 2.57 bits per heavy atom. The summed E-state index contributed by atoms with van der Waals surface area (Å²) in [5.74, 6) is 0.456. The molecular weight excluding hydrogens is 541 g/mol. The second-order valence-corrected chi connectivity index (χ2v) is 11.0. The molecule has 9 heteroatoms. The molecule has 1 aromatic carbocycles. The second kappa shape index (κ2) is 14.0. The standard InChI is InChI=1S/C33H39F3N4O2/c1-4-6-7-10-22(3)29(41)11-8-9-12-30(42)25-14-13-23(19-24(25)5-2)20-27-32-39-21-28(40(32)18-17-37-27)26-15-16-38-31(26)33(34,35)36/h13-15,17-19,21-22H,4-12,16,20H2,1-3H3/t22-/m0/s1. The Balaban J connectivity index is 1.40. The highest BCUT2D eigenvalue weighted by Crippen LogP contribution is 2.32. The zero-order chi connectivity index (χ0) is 30.3. The third kappa shape index (κ3) is 7.41. The monoisotopic (exact) mass is 580 g/mol. The van der Waals surface area contributed by atoms with E-state index in [0.29, 0.717) is 60.5 Å². The Morgan fingerprint density at radius 1 is 1.05 bits per heavy atom. The van der Waals surface area contributed by atoms with E-state index in [0.717, 1.165) is 43.2 Å². The summed E-state index contributed by atoms with van der Waals surface area (Å²) in [4.78, 5) is 37.9. The molecule has 42 heavy (non-hydrogen) atoms. The summed E-state index contributed by atoms with van der Waals surface area (Å²) >= 11 is 0. The number of Topliss-reactive ketones (excluding diaryl/α,β-unsaturated/α-hetero) is 2. The van der Waals surface area contributed by atoms with Gasteiger partial charge in [0.2, 0.25) is 0 Å². The maximum atomic E-state index is 13.5. The predicted molar refractivity (Wildman–Crippen MR) is 159 cm³/mol. The van der Waals surface area contributed by atoms with Gasteiger partial charge in [-0.3, -0.25) is 24.0 Å². The molecule has 0 aliphatic carbocycles. The van der Waals surface area contributed by atoms with Crippen molar-refractivity contribution in [1.29, 1.82) is 0 Å². The van der Waals surface area contributed by atoms with Gasteiger partial charge in [0.15, 0.2) is 11.4 Å². The van der Waals surface area contributed by atoms with Gasteiger partial charge in [0.1, 0.15) is 11.5 Å². The zero-order valence-electron chi connectivity index (χ0n) is 24.6. The van der Waals surface area contributed by atoms with E-state index in [1.807, 2.05) is 32.0 Å². The smallest absolute Gasteiger partial charge is 0.299 e. The first-order valence-corrected chi connectivity index (χ1v) is 14.9. The number of fused-ring (bicyclic) bond motifs is 1. The van der Waals surface area contributed by atoms with Crippen LogP contribution >= 0.6 is 0 Å². The third-order valence-electron chi connectivity index (χ3n) is 7.94. The molecule has 0 amide bonds. The fourth-order valence-corrected chi connectivity index (χ4v) is 5.52. The first-order valence-electron chi connectivity index (χ1n) is 14.9. The molecule has 1 atom stereocenters. The number of rotatable bonds is 15. The third-order valence-corrected chi connectivity index (χ3v) is 7.94. The van der Waals surface area contributed by atoms with Gasteiger partial charge in [-0.25, -0.2) is 4.98 Å². The van der Waals surface area contributed by atoms with Crippen LogP contribution in [0, 0.1) is 5.92 Å². The molecule has 0 N–H and O–H groups in total. The summed E-state index contributed by atoms with van der Waals surface area (Å²) in [5.41, 5.74) is 3.14.